The topological polar surface area (TPSA) is 133 Å². The zero-order valence-corrected chi connectivity index (χ0v) is 20.1. The molecule has 3 heterocycles. The van der Waals surface area contributed by atoms with Crippen molar-refractivity contribution in [1.29, 1.82) is 0 Å². The molecule has 5 N–H and O–H groups in total. The Hall–Kier alpha value is -4.14. The van der Waals surface area contributed by atoms with E-state index in [1.807, 2.05) is 30.3 Å². The molecule has 4 rings (SSSR count). The fourth-order valence-electron chi connectivity index (χ4n) is 3.52. The highest BCUT2D eigenvalue weighted by atomic mass is 16.5. The molecule has 0 unspecified atom stereocenters. The molecular formula is C26H31N7O2. The van der Waals surface area contributed by atoms with Gasteiger partial charge in [0.1, 0.15) is 34.8 Å². The van der Waals surface area contributed by atoms with Gasteiger partial charge in [-0.3, -0.25) is 0 Å². The summed E-state index contributed by atoms with van der Waals surface area (Å²) in [6.07, 6.45) is 4.03. The first-order valence-corrected chi connectivity index (χ1v) is 11.9. The maximum absolute atomic E-state index is 6.01. The van der Waals surface area contributed by atoms with Gasteiger partial charge in [-0.1, -0.05) is 51.0 Å². The van der Waals surface area contributed by atoms with E-state index >= 15 is 0 Å². The van der Waals surface area contributed by atoms with E-state index in [0.29, 0.717) is 59.7 Å². The first-order chi connectivity index (χ1) is 17.1. The van der Waals surface area contributed by atoms with Crippen molar-refractivity contribution in [1.82, 2.24) is 9.97 Å². The van der Waals surface area contributed by atoms with Crippen LogP contribution in [0.4, 0.5) is 23.3 Å². The van der Waals surface area contributed by atoms with Gasteiger partial charge in [0.25, 0.3) is 0 Å². The summed E-state index contributed by atoms with van der Waals surface area (Å²) < 4.78 is 11.6. The van der Waals surface area contributed by atoms with Crippen molar-refractivity contribution >= 4 is 34.9 Å². The van der Waals surface area contributed by atoms with E-state index in [-0.39, 0.29) is 0 Å². The zero-order chi connectivity index (χ0) is 24.6. The van der Waals surface area contributed by atoms with E-state index in [2.05, 4.69) is 34.1 Å². The molecule has 0 bridgehead atoms. The molecule has 1 aromatic carbocycles. The highest BCUT2D eigenvalue weighted by molar-refractivity contribution is 6.26. The van der Waals surface area contributed by atoms with Gasteiger partial charge in [0.2, 0.25) is 0 Å². The number of pyridine rings is 2. The first kappa shape index (κ1) is 24.0. The van der Waals surface area contributed by atoms with Crippen LogP contribution in [0.3, 0.4) is 0 Å². The number of hydrogen-bond acceptors (Lipinski definition) is 8. The number of rotatable bonds is 10. The van der Waals surface area contributed by atoms with E-state index in [9.17, 15) is 0 Å². The van der Waals surface area contributed by atoms with Gasteiger partial charge in [-0.2, -0.15) is 0 Å². The second kappa shape index (κ2) is 11.3. The number of nitrogens with one attached hydrogen (secondary N) is 1. The maximum Gasteiger partial charge on any atom is 0.164 e. The molecule has 0 saturated heterocycles. The predicted molar refractivity (Wildman–Crippen MR) is 141 cm³/mol. The van der Waals surface area contributed by atoms with E-state index in [0.717, 1.165) is 36.8 Å². The number of amidine groups is 2. The Morgan fingerprint density at radius 3 is 2.14 bits per heavy atom. The Morgan fingerprint density at radius 2 is 1.46 bits per heavy atom. The van der Waals surface area contributed by atoms with E-state index in [4.69, 9.17) is 25.9 Å². The number of nitrogens with two attached hydrogens (primary N) is 2. The van der Waals surface area contributed by atoms with Crippen molar-refractivity contribution in [3.8, 4) is 11.5 Å². The molecule has 0 spiro atoms. The highest BCUT2D eigenvalue weighted by Gasteiger charge is 2.22. The zero-order valence-electron chi connectivity index (χ0n) is 20.1. The van der Waals surface area contributed by atoms with Crippen LogP contribution in [0.25, 0.3) is 0 Å². The number of benzene rings is 1. The van der Waals surface area contributed by atoms with Crippen LogP contribution in [0, 0.1) is 0 Å². The Bertz CT molecular complexity index is 1240. The lowest BCUT2D eigenvalue weighted by Gasteiger charge is -2.10. The number of fused-ring (bicyclic) bond motifs is 1. The standard InChI is InChI=1S/C26H31N7O2/c1-3-5-11-34-17-13-21(27)29-23(15-17)31-25-19-9-7-8-10-20(19)26(33-25)32-24-16-18(14-22(28)30-24)35-12-6-4-2/h7-10,13-16H,3-6,11-12H2,1-2H3,(H5,27,28,29,30,31,32,33). The molecule has 35 heavy (non-hydrogen) atoms. The Kier molecular flexibility index (Phi) is 7.77. The third-order valence-electron chi connectivity index (χ3n) is 5.26. The minimum Gasteiger partial charge on any atom is -0.493 e. The number of unbranched alkanes of at least 4 members (excludes halogenated alkanes) is 2. The Labute approximate surface area is 205 Å². The second-order valence-electron chi connectivity index (χ2n) is 8.17. The molecular weight excluding hydrogens is 442 g/mol. The van der Waals surface area contributed by atoms with Gasteiger partial charge in [0.15, 0.2) is 11.7 Å². The number of ether oxygens (including phenoxy) is 2. The number of aliphatic imine (C=N–C) groups is 2. The molecule has 1 aliphatic heterocycles. The molecule has 0 aliphatic carbocycles. The summed E-state index contributed by atoms with van der Waals surface area (Å²) in [4.78, 5) is 18.1. The van der Waals surface area contributed by atoms with Gasteiger partial charge in [-0.25, -0.2) is 20.0 Å². The van der Waals surface area contributed by atoms with Gasteiger partial charge < -0.3 is 26.3 Å². The summed E-state index contributed by atoms with van der Waals surface area (Å²) >= 11 is 0. The number of anilines is 3. The molecule has 182 valence electrons. The summed E-state index contributed by atoms with van der Waals surface area (Å²) in [7, 11) is 0. The highest BCUT2D eigenvalue weighted by Crippen LogP contribution is 2.27. The van der Waals surface area contributed by atoms with Gasteiger partial charge in [0.05, 0.1) is 13.2 Å². The lowest BCUT2D eigenvalue weighted by Crippen LogP contribution is -2.13. The molecule has 2 aromatic heterocycles. The molecule has 1 aliphatic rings. The lowest BCUT2D eigenvalue weighted by molar-refractivity contribution is 0.309. The molecule has 9 heteroatoms. The van der Waals surface area contributed by atoms with Crippen LogP contribution < -0.4 is 26.3 Å². The van der Waals surface area contributed by atoms with Crippen LogP contribution in [0.15, 0.2) is 58.5 Å². The third-order valence-corrected chi connectivity index (χ3v) is 5.26. The van der Waals surface area contributed by atoms with Crippen LogP contribution >= 0.6 is 0 Å². The van der Waals surface area contributed by atoms with E-state index in [1.54, 1.807) is 18.2 Å². The normalized spacial score (nSPS) is 13.4. The fourth-order valence-corrected chi connectivity index (χ4v) is 3.52. The minimum absolute atomic E-state index is 0.339. The summed E-state index contributed by atoms with van der Waals surface area (Å²) in [5.74, 6) is 4.10. The van der Waals surface area contributed by atoms with Crippen LogP contribution in [-0.4, -0.2) is 34.9 Å². The van der Waals surface area contributed by atoms with Crippen LogP contribution in [0.5, 0.6) is 11.5 Å². The molecule has 9 nitrogen and oxygen atoms in total. The van der Waals surface area contributed by atoms with Crippen LogP contribution in [0.2, 0.25) is 0 Å². The molecule has 0 fully saturated rings. The lowest BCUT2D eigenvalue weighted by atomic mass is 10.1. The molecule has 0 saturated carbocycles. The predicted octanol–water partition coefficient (Wildman–Crippen LogP) is 4.95. The van der Waals surface area contributed by atoms with Crippen molar-refractivity contribution in [2.24, 2.45) is 9.98 Å². The van der Waals surface area contributed by atoms with E-state index in [1.165, 1.54) is 0 Å². The Balaban J connectivity index is 1.61. The van der Waals surface area contributed by atoms with Gasteiger partial charge in [0, 0.05) is 35.4 Å². The quantitative estimate of drug-likeness (QED) is 0.355. The smallest absolute Gasteiger partial charge is 0.164 e. The van der Waals surface area contributed by atoms with Crippen molar-refractivity contribution in [2.45, 2.75) is 39.5 Å². The van der Waals surface area contributed by atoms with Gasteiger partial charge in [-0.05, 0) is 12.8 Å². The number of nitrogens with zero attached hydrogens (tertiary/aromatic N) is 4. The molecule has 0 atom stereocenters. The number of aromatic nitrogens is 2. The number of nitrogen functional groups attached to an aromatic ring is 2. The van der Waals surface area contributed by atoms with Crippen molar-refractivity contribution < 1.29 is 9.47 Å². The van der Waals surface area contributed by atoms with Crippen molar-refractivity contribution in [3.05, 3.63) is 59.7 Å². The van der Waals surface area contributed by atoms with Crippen LogP contribution in [0.1, 0.15) is 50.7 Å². The average molecular weight is 474 g/mol. The first-order valence-electron chi connectivity index (χ1n) is 11.9. The summed E-state index contributed by atoms with van der Waals surface area (Å²) in [6.45, 7) is 5.47. The summed E-state index contributed by atoms with van der Waals surface area (Å²) in [6, 6.07) is 14.8. The maximum atomic E-state index is 6.01. The van der Waals surface area contributed by atoms with Crippen LogP contribution in [-0.2, 0) is 0 Å². The second-order valence-corrected chi connectivity index (χ2v) is 8.17. The SMILES string of the molecule is CCCCOc1cc(N)nc(/N=C2/N=C(Nc3cc(OCCCC)cc(N)n3)c3ccccc32)c1. The fraction of sp³-hybridized carbons (Fsp3) is 0.308. The van der Waals surface area contributed by atoms with Gasteiger partial charge >= 0.3 is 0 Å². The molecule has 0 radical (unpaired) electrons. The molecule has 3 aromatic rings. The summed E-state index contributed by atoms with van der Waals surface area (Å²) in [5.41, 5.74) is 13.8. The third kappa shape index (κ3) is 6.26. The largest absolute Gasteiger partial charge is 0.493 e. The average Bonchev–Trinajstić information content (AvgIpc) is 3.16. The van der Waals surface area contributed by atoms with E-state index < -0.39 is 0 Å². The van der Waals surface area contributed by atoms with Gasteiger partial charge in [-0.15, -0.1) is 0 Å². The minimum atomic E-state index is 0.339. The Morgan fingerprint density at radius 1 is 0.829 bits per heavy atom. The number of hydrogen-bond donors (Lipinski definition) is 3. The molecule has 0 amide bonds. The van der Waals surface area contributed by atoms with Crippen molar-refractivity contribution in [2.75, 3.05) is 30.0 Å². The van der Waals surface area contributed by atoms with Crippen molar-refractivity contribution in [3.63, 3.8) is 0 Å². The summed E-state index contributed by atoms with van der Waals surface area (Å²) in [5, 5.41) is 3.27. The monoisotopic (exact) mass is 473 g/mol.